The van der Waals surface area contributed by atoms with Crippen molar-refractivity contribution in [2.45, 2.75) is 0 Å². The Balaban J connectivity index is 2.14. The van der Waals surface area contributed by atoms with E-state index in [9.17, 15) is 4.79 Å². The van der Waals surface area contributed by atoms with Crippen LogP contribution < -0.4 is 10.6 Å². The lowest BCUT2D eigenvalue weighted by Crippen LogP contribution is -2.30. The fourth-order valence-corrected chi connectivity index (χ4v) is 2.29. The number of hydrogen-bond donors (Lipinski definition) is 2. The first-order valence-corrected chi connectivity index (χ1v) is 6.97. The number of halogens is 2. The van der Waals surface area contributed by atoms with Crippen LogP contribution >= 0.6 is 27.5 Å². The Bertz CT molecular complexity index is 697. The highest BCUT2D eigenvalue weighted by Crippen LogP contribution is 2.29. The number of carbonyl (C=O) groups excluding carboxylic acids is 1. The lowest BCUT2D eigenvalue weighted by molar-refractivity contribution is -0.119. The molecule has 20 heavy (non-hydrogen) atoms. The van der Waals surface area contributed by atoms with E-state index < -0.39 is 0 Å². The Kier molecular flexibility index (Phi) is 4.83. The molecule has 0 bridgehead atoms. The smallest absolute Gasteiger partial charge is 0.240 e. The van der Waals surface area contributed by atoms with E-state index in [2.05, 4.69) is 37.5 Å². The second-order valence-corrected chi connectivity index (χ2v) is 5.22. The van der Waals surface area contributed by atoms with Gasteiger partial charge in [-0.25, -0.2) is 4.98 Å². The molecular formula is C14H11BrClN3O. The predicted octanol–water partition coefficient (Wildman–Crippen LogP) is 2.81. The summed E-state index contributed by atoms with van der Waals surface area (Å²) in [6.07, 6.45) is 5.06. The molecule has 0 radical (unpaired) electrons. The summed E-state index contributed by atoms with van der Waals surface area (Å²) in [6.45, 7) is 0.316. The average Bonchev–Trinajstić information content (AvgIpc) is 2.47. The highest BCUT2D eigenvalue weighted by molar-refractivity contribution is 9.10. The van der Waals surface area contributed by atoms with Crippen LogP contribution in [0.1, 0.15) is 0 Å². The maximum Gasteiger partial charge on any atom is 0.240 e. The molecule has 1 amide bonds. The van der Waals surface area contributed by atoms with Crippen molar-refractivity contribution in [3.05, 3.63) is 33.8 Å². The Labute approximate surface area is 130 Å². The van der Waals surface area contributed by atoms with Gasteiger partial charge < -0.3 is 10.6 Å². The van der Waals surface area contributed by atoms with Crippen LogP contribution in [0.15, 0.2) is 28.7 Å². The van der Waals surface area contributed by atoms with E-state index in [0.717, 1.165) is 9.86 Å². The van der Waals surface area contributed by atoms with Crippen LogP contribution in [-0.2, 0) is 4.79 Å². The van der Waals surface area contributed by atoms with E-state index in [1.165, 1.54) is 0 Å². The molecule has 0 fully saturated rings. The number of rotatable bonds is 4. The maximum atomic E-state index is 11.4. The zero-order valence-electron chi connectivity index (χ0n) is 10.4. The van der Waals surface area contributed by atoms with Crippen LogP contribution in [0.3, 0.4) is 0 Å². The van der Waals surface area contributed by atoms with E-state index in [0.29, 0.717) is 16.4 Å². The summed E-state index contributed by atoms with van der Waals surface area (Å²) in [5.74, 6) is 2.72. The van der Waals surface area contributed by atoms with E-state index in [4.69, 9.17) is 18.0 Å². The number of pyridine rings is 1. The van der Waals surface area contributed by atoms with Crippen LogP contribution in [0.5, 0.6) is 0 Å². The summed E-state index contributed by atoms with van der Waals surface area (Å²) in [5, 5.41) is 6.96. The van der Waals surface area contributed by atoms with Gasteiger partial charge in [-0.3, -0.25) is 4.79 Å². The summed E-state index contributed by atoms with van der Waals surface area (Å²) in [6, 6.07) is 7.31. The Morgan fingerprint density at radius 1 is 1.40 bits per heavy atom. The highest BCUT2D eigenvalue weighted by Gasteiger charge is 2.06. The highest BCUT2D eigenvalue weighted by atomic mass is 79.9. The van der Waals surface area contributed by atoms with Crippen molar-refractivity contribution in [3.8, 4) is 12.3 Å². The molecule has 6 heteroatoms. The van der Waals surface area contributed by atoms with Crippen LogP contribution in [0, 0.1) is 12.3 Å². The number of nitrogens with zero attached hydrogens (tertiary/aromatic N) is 1. The largest absolute Gasteiger partial charge is 0.361 e. The van der Waals surface area contributed by atoms with Gasteiger partial charge in [-0.15, -0.1) is 6.42 Å². The molecule has 2 aromatic rings. The SMILES string of the molecule is C#CCNC(=O)CNc1ccc2c(Br)ccc(Cl)c2n1. The predicted molar refractivity (Wildman–Crippen MR) is 84.8 cm³/mol. The van der Waals surface area contributed by atoms with Crippen molar-refractivity contribution in [3.63, 3.8) is 0 Å². The van der Waals surface area contributed by atoms with Crippen LogP contribution in [0.25, 0.3) is 10.9 Å². The molecule has 4 nitrogen and oxygen atoms in total. The number of hydrogen-bond acceptors (Lipinski definition) is 3. The lowest BCUT2D eigenvalue weighted by atomic mass is 10.2. The molecule has 1 aromatic heterocycles. The zero-order chi connectivity index (χ0) is 14.5. The first kappa shape index (κ1) is 14.6. The molecule has 0 unspecified atom stereocenters. The minimum atomic E-state index is -0.190. The quantitative estimate of drug-likeness (QED) is 0.832. The van der Waals surface area contributed by atoms with Crippen molar-refractivity contribution in [1.82, 2.24) is 10.3 Å². The summed E-state index contributed by atoms with van der Waals surface area (Å²) < 4.78 is 0.919. The average molecular weight is 353 g/mol. The van der Waals surface area contributed by atoms with Crippen molar-refractivity contribution in [2.24, 2.45) is 0 Å². The van der Waals surface area contributed by atoms with Gasteiger partial charge in [-0.2, -0.15) is 0 Å². The van der Waals surface area contributed by atoms with Crippen molar-refractivity contribution in [2.75, 3.05) is 18.4 Å². The number of fused-ring (bicyclic) bond motifs is 1. The molecular weight excluding hydrogens is 342 g/mol. The molecule has 2 N–H and O–H groups in total. The van der Waals surface area contributed by atoms with Gasteiger partial charge in [0.15, 0.2) is 0 Å². The number of aromatic nitrogens is 1. The van der Waals surface area contributed by atoms with Gasteiger partial charge in [0.1, 0.15) is 5.82 Å². The fraction of sp³-hybridized carbons (Fsp3) is 0.143. The molecule has 0 saturated carbocycles. The summed E-state index contributed by atoms with van der Waals surface area (Å²) in [5.41, 5.74) is 0.676. The van der Waals surface area contributed by atoms with E-state index in [1.807, 2.05) is 12.1 Å². The van der Waals surface area contributed by atoms with E-state index in [-0.39, 0.29) is 19.0 Å². The van der Waals surface area contributed by atoms with E-state index >= 15 is 0 Å². The van der Waals surface area contributed by atoms with Crippen molar-refractivity contribution < 1.29 is 4.79 Å². The summed E-state index contributed by atoms with van der Waals surface area (Å²) >= 11 is 9.56. The molecule has 0 aliphatic carbocycles. The topological polar surface area (TPSA) is 54.0 Å². The molecule has 0 spiro atoms. The van der Waals surface area contributed by atoms with Crippen molar-refractivity contribution >= 4 is 50.2 Å². The van der Waals surface area contributed by atoms with Gasteiger partial charge >= 0.3 is 0 Å². The number of amides is 1. The molecule has 0 saturated heterocycles. The first-order chi connectivity index (χ1) is 9.61. The number of carbonyl (C=O) groups is 1. The zero-order valence-corrected chi connectivity index (χ0v) is 12.8. The second-order valence-electron chi connectivity index (χ2n) is 3.96. The monoisotopic (exact) mass is 351 g/mol. The van der Waals surface area contributed by atoms with Gasteiger partial charge in [0, 0.05) is 9.86 Å². The number of terminal acetylenes is 1. The molecule has 0 aliphatic rings. The Morgan fingerprint density at radius 3 is 2.95 bits per heavy atom. The number of anilines is 1. The van der Waals surface area contributed by atoms with Crippen LogP contribution in [0.4, 0.5) is 5.82 Å². The standard InChI is InChI=1S/C14H11BrClN3O/c1-2-7-17-13(20)8-18-12-6-3-9-10(15)4-5-11(16)14(9)19-12/h1,3-6H,7-8H2,(H,17,20)(H,18,19). The molecule has 0 aliphatic heterocycles. The normalized spacial score (nSPS) is 10.1. The van der Waals surface area contributed by atoms with E-state index in [1.54, 1.807) is 12.1 Å². The number of benzene rings is 1. The van der Waals surface area contributed by atoms with Crippen LogP contribution in [0.2, 0.25) is 5.02 Å². The van der Waals surface area contributed by atoms with Gasteiger partial charge in [0.25, 0.3) is 0 Å². The maximum absolute atomic E-state index is 11.4. The molecule has 1 heterocycles. The fourth-order valence-electron chi connectivity index (χ4n) is 1.63. The molecule has 102 valence electrons. The summed E-state index contributed by atoms with van der Waals surface area (Å²) in [4.78, 5) is 15.8. The van der Waals surface area contributed by atoms with Gasteiger partial charge in [0.05, 0.1) is 23.6 Å². The minimum Gasteiger partial charge on any atom is -0.361 e. The van der Waals surface area contributed by atoms with Crippen molar-refractivity contribution in [1.29, 1.82) is 0 Å². The second kappa shape index (κ2) is 6.60. The third-order valence-electron chi connectivity index (χ3n) is 2.57. The first-order valence-electron chi connectivity index (χ1n) is 5.80. The van der Waals surface area contributed by atoms with Gasteiger partial charge in [-0.05, 0) is 24.3 Å². The summed E-state index contributed by atoms with van der Waals surface area (Å²) in [7, 11) is 0. The Morgan fingerprint density at radius 2 is 2.20 bits per heavy atom. The molecule has 2 rings (SSSR count). The molecule has 1 aromatic carbocycles. The third kappa shape index (κ3) is 3.41. The van der Waals surface area contributed by atoms with Crippen LogP contribution in [-0.4, -0.2) is 24.0 Å². The van der Waals surface area contributed by atoms with Gasteiger partial charge in [0.2, 0.25) is 5.91 Å². The molecule has 0 atom stereocenters. The lowest BCUT2D eigenvalue weighted by Gasteiger charge is -2.08. The minimum absolute atomic E-state index is 0.103. The Hall–Kier alpha value is -1.77. The van der Waals surface area contributed by atoms with Gasteiger partial charge in [-0.1, -0.05) is 33.5 Å². The third-order valence-corrected chi connectivity index (χ3v) is 3.57. The number of nitrogens with one attached hydrogen (secondary N) is 2.